The molecule has 0 N–H and O–H groups in total. The van der Waals surface area contributed by atoms with Gasteiger partial charge >= 0.3 is 0 Å². The fraction of sp³-hybridized carbons (Fsp3) is 0.143. The van der Waals surface area contributed by atoms with Crippen LogP contribution in [0.4, 0.5) is 0 Å². The summed E-state index contributed by atoms with van der Waals surface area (Å²) in [6.45, 7) is 1.96. The van der Waals surface area contributed by atoms with Crippen molar-refractivity contribution >= 4 is 21.7 Å². The van der Waals surface area contributed by atoms with E-state index in [4.69, 9.17) is 0 Å². The van der Waals surface area contributed by atoms with Crippen LogP contribution in [0, 0.1) is 6.92 Å². The van der Waals surface area contributed by atoms with Gasteiger partial charge in [0, 0.05) is 17.1 Å². The van der Waals surface area contributed by atoms with E-state index in [1.807, 2.05) is 43.3 Å². The molecule has 0 spiro atoms. The molecule has 2 aromatic rings. The highest BCUT2D eigenvalue weighted by molar-refractivity contribution is 9.10. The number of nitrogens with zero attached hydrogens (tertiary/aromatic N) is 1. The number of pyridine rings is 1. The number of rotatable bonds is 3. The molecule has 0 radical (unpaired) electrons. The summed E-state index contributed by atoms with van der Waals surface area (Å²) in [5, 5.41) is 0. The van der Waals surface area contributed by atoms with Crippen LogP contribution in [-0.4, -0.2) is 10.8 Å². The van der Waals surface area contributed by atoms with Gasteiger partial charge in [0.05, 0.1) is 0 Å². The van der Waals surface area contributed by atoms with Gasteiger partial charge in [0.15, 0.2) is 5.78 Å². The third kappa shape index (κ3) is 3.01. The Morgan fingerprint density at radius 1 is 1.29 bits per heavy atom. The summed E-state index contributed by atoms with van der Waals surface area (Å²) in [5.74, 6) is 0.0422. The van der Waals surface area contributed by atoms with E-state index in [2.05, 4.69) is 20.9 Å². The van der Waals surface area contributed by atoms with E-state index >= 15 is 0 Å². The lowest BCUT2D eigenvalue weighted by Gasteiger charge is -2.03. The summed E-state index contributed by atoms with van der Waals surface area (Å²) < 4.78 is 0.959. The number of benzene rings is 1. The number of aromatic nitrogens is 1. The summed E-state index contributed by atoms with van der Waals surface area (Å²) in [4.78, 5) is 16.1. The van der Waals surface area contributed by atoms with Gasteiger partial charge in [0.25, 0.3) is 0 Å². The Hall–Kier alpha value is -1.48. The summed E-state index contributed by atoms with van der Waals surface area (Å²) >= 11 is 3.44. The van der Waals surface area contributed by atoms with Crippen molar-refractivity contribution in [2.45, 2.75) is 13.3 Å². The monoisotopic (exact) mass is 289 g/mol. The van der Waals surface area contributed by atoms with Crippen molar-refractivity contribution in [2.75, 3.05) is 0 Å². The van der Waals surface area contributed by atoms with Crippen molar-refractivity contribution in [1.82, 2.24) is 4.98 Å². The van der Waals surface area contributed by atoms with E-state index < -0.39 is 0 Å². The molecule has 1 aromatic heterocycles. The number of hydrogen-bond donors (Lipinski definition) is 0. The first-order chi connectivity index (χ1) is 8.16. The van der Waals surface area contributed by atoms with Crippen LogP contribution in [0.15, 0.2) is 47.1 Å². The van der Waals surface area contributed by atoms with E-state index in [0.29, 0.717) is 12.1 Å². The highest BCUT2D eigenvalue weighted by Gasteiger charge is 2.10. The molecule has 17 heavy (non-hydrogen) atoms. The van der Waals surface area contributed by atoms with Gasteiger partial charge in [-0.15, -0.1) is 0 Å². The molecular formula is C14H12BrNO. The standard InChI is InChI=1S/C14H12BrNO/c1-10-6-7-16-13(8-10)14(17)9-11-4-2-3-5-12(11)15/h2-8H,9H2,1H3. The van der Waals surface area contributed by atoms with Gasteiger partial charge in [-0.1, -0.05) is 34.1 Å². The lowest BCUT2D eigenvalue weighted by molar-refractivity contribution is 0.0988. The number of carbonyl (C=O) groups is 1. The lowest BCUT2D eigenvalue weighted by atomic mass is 10.1. The average Bonchev–Trinajstić information content (AvgIpc) is 2.32. The zero-order valence-corrected chi connectivity index (χ0v) is 11.1. The Morgan fingerprint density at radius 3 is 2.76 bits per heavy atom. The summed E-state index contributed by atoms with van der Waals surface area (Å²) in [6.07, 6.45) is 2.04. The molecule has 0 aliphatic rings. The largest absolute Gasteiger partial charge is 0.292 e. The second-order valence-corrected chi connectivity index (χ2v) is 4.76. The minimum Gasteiger partial charge on any atom is -0.292 e. The van der Waals surface area contributed by atoms with Gasteiger partial charge in [-0.25, -0.2) is 0 Å². The topological polar surface area (TPSA) is 30.0 Å². The van der Waals surface area contributed by atoms with Crippen LogP contribution in [0.1, 0.15) is 21.6 Å². The molecule has 1 heterocycles. The molecule has 0 aliphatic carbocycles. The van der Waals surface area contributed by atoms with Crippen molar-refractivity contribution in [1.29, 1.82) is 0 Å². The molecule has 0 aliphatic heterocycles. The van der Waals surface area contributed by atoms with Crippen molar-refractivity contribution in [3.8, 4) is 0 Å². The molecular weight excluding hydrogens is 278 g/mol. The maximum absolute atomic E-state index is 12.0. The van der Waals surface area contributed by atoms with Gasteiger partial charge in [-0.05, 0) is 36.2 Å². The first-order valence-corrected chi connectivity index (χ1v) is 6.15. The number of halogens is 1. The lowest BCUT2D eigenvalue weighted by Crippen LogP contribution is -2.06. The SMILES string of the molecule is Cc1ccnc(C(=O)Cc2ccccc2Br)c1. The summed E-state index contributed by atoms with van der Waals surface area (Å²) in [6, 6.07) is 11.4. The highest BCUT2D eigenvalue weighted by Crippen LogP contribution is 2.17. The zero-order valence-electron chi connectivity index (χ0n) is 9.48. The Bertz CT molecular complexity index is 551. The number of carbonyl (C=O) groups excluding carboxylic acids is 1. The first-order valence-electron chi connectivity index (χ1n) is 5.36. The predicted molar refractivity (Wildman–Crippen MR) is 71.2 cm³/mol. The van der Waals surface area contributed by atoms with Crippen LogP contribution in [-0.2, 0) is 6.42 Å². The molecule has 2 nitrogen and oxygen atoms in total. The van der Waals surface area contributed by atoms with Crippen LogP contribution in [0.2, 0.25) is 0 Å². The first kappa shape index (κ1) is 12.0. The highest BCUT2D eigenvalue weighted by atomic mass is 79.9. The molecule has 0 amide bonds. The summed E-state index contributed by atoms with van der Waals surface area (Å²) in [7, 11) is 0. The molecule has 0 fully saturated rings. The van der Waals surface area contributed by atoms with Gasteiger partial charge in [-0.3, -0.25) is 9.78 Å². The number of hydrogen-bond acceptors (Lipinski definition) is 2. The van der Waals surface area contributed by atoms with Gasteiger partial charge in [0.1, 0.15) is 5.69 Å². The van der Waals surface area contributed by atoms with Crippen LogP contribution in [0.25, 0.3) is 0 Å². The zero-order chi connectivity index (χ0) is 12.3. The molecule has 86 valence electrons. The van der Waals surface area contributed by atoms with Crippen molar-refractivity contribution in [2.24, 2.45) is 0 Å². The molecule has 1 aromatic carbocycles. The van der Waals surface area contributed by atoms with E-state index in [9.17, 15) is 4.79 Å². The van der Waals surface area contributed by atoms with E-state index in [0.717, 1.165) is 15.6 Å². The molecule has 0 saturated carbocycles. The van der Waals surface area contributed by atoms with Crippen molar-refractivity contribution in [3.63, 3.8) is 0 Å². The van der Waals surface area contributed by atoms with Gasteiger partial charge in [-0.2, -0.15) is 0 Å². The second-order valence-electron chi connectivity index (χ2n) is 3.91. The van der Waals surface area contributed by atoms with E-state index in [1.165, 1.54) is 0 Å². The maximum Gasteiger partial charge on any atom is 0.185 e. The van der Waals surface area contributed by atoms with Crippen LogP contribution in [0.5, 0.6) is 0 Å². The second kappa shape index (κ2) is 5.23. The number of Topliss-reactive ketones (excluding diaryl/α,β-unsaturated/α-hetero) is 1. The summed E-state index contributed by atoms with van der Waals surface area (Å²) in [5.41, 5.74) is 2.57. The fourth-order valence-corrected chi connectivity index (χ4v) is 2.02. The molecule has 2 rings (SSSR count). The Labute approximate surface area is 109 Å². The molecule has 0 unspecified atom stereocenters. The molecule has 0 saturated heterocycles. The molecule has 0 bridgehead atoms. The minimum absolute atomic E-state index is 0.0422. The predicted octanol–water partition coefficient (Wildman–Crippen LogP) is 3.58. The number of ketones is 1. The maximum atomic E-state index is 12.0. The van der Waals surface area contributed by atoms with E-state index in [1.54, 1.807) is 6.20 Å². The third-order valence-electron chi connectivity index (χ3n) is 2.51. The molecule has 3 heteroatoms. The van der Waals surface area contributed by atoms with Crippen LogP contribution < -0.4 is 0 Å². The quantitative estimate of drug-likeness (QED) is 0.809. The van der Waals surface area contributed by atoms with Crippen LogP contribution >= 0.6 is 15.9 Å². The van der Waals surface area contributed by atoms with Gasteiger partial charge < -0.3 is 0 Å². The minimum atomic E-state index is 0.0422. The Morgan fingerprint density at radius 2 is 2.06 bits per heavy atom. The van der Waals surface area contributed by atoms with Crippen molar-refractivity contribution in [3.05, 3.63) is 63.9 Å². The number of aryl methyl sites for hydroxylation is 1. The van der Waals surface area contributed by atoms with Gasteiger partial charge in [0.2, 0.25) is 0 Å². The van der Waals surface area contributed by atoms with Crippen molar-refractivity contribution < 1.29 is 4.79 Å². The van der Waals surface area contributed by atoms with Crippen LogP contribution in [0.3, 0.4) is 0 Å². The normalized spacial score (nSPS) is 10.2. The molecule has 0 atom stereocenters. The Kier molecular flexibility index (Phi) is 3.69. The smallest absolute Gasteiger partial charge is 0.185 e. The third-order valence-corrected chi connectivity index (χ3v) is 3.28. The fourth-order valence-electron chi connectivity index (χ4n) is 1.59. The Balaban J connectivity index is 2.20. The average molecular weight is 290 g/mol. The van der Waals surface area contributed by atoms with E-state index in [-0.39, 0.29) is 5.78 Å².